The van der Waals surface area contributed by atoms with Gasteiger partial charge in [-0.05, 0) is 39.8 Å². The first-order valence-electron chi connectivity index (χ1n) is 7.93. The summed E-state index contributed by atoms with van der Waals surface area (Å²) in [6.45, 7) is 10.4. The molecule has 3 rings (SSSR count). The van der Waals surface area contributed by atoms with Crippen molar-refractivity contribution in [2.45, 2.75) is 45.9 Å². The Labute approximate surface area is 131 Å². The van der Waals surface area contributed by atoms with Crippen LogP contribution >= 0.6 is 0 Å². The molecule has 0 unspecified atom stereocenters. The third-order valence-corrected chi connectivity index (χ3v) is 4.29. The highest BCUT2D eigenvalue weighted by molar-refractivity contribution is 5.52. The smallest absolute Gasteiger partial charge is 0.274 e. The Morgan fingerprint density at radius 3 is 2.36 bits per heavy atom. The van der Waals surface area contributed by atoms with E-state index in [9.17, 15) is 0 Å². The van der Waals surface area contributed by atoms with E-state index in [0.717, 1.165) is 18.7 Å². The van der Waals surface area contributed by atoms with E-state index in [1.165, 1.54) is 10.5 Å². The second-order valence-corrected chi connectivity index (χ2v) is 6.36. The molecule has 5 nitrogen and oxygen atoms in total. The van der Waals surface area contributed by atoms with E-state index in [4.69, 9.17) is 9.15 Å². The van der Waals surface area contributed by atoms with Crippen molar-refractivity contribution in [1.29, 1.82) is 0 Å². The largest absolute Gasteiger partial charge is 0.415 e. The van der Waals surface area contributed by atoms with E-state index in [0.29, 0.717) is 11.8 Å². The number of ether oxygens (including phenoxy) is 1. The summed E-state index contributed by atoms with van der Waals surface area (Å²) in [4.78, 5) is 1.44. The molecule has 1 aliphatic rings. The van der Waals surface area contributed by atoms with Gasteiger partial charge in [-0.25, -0.2) is 0 Å². The average Bonchev–Trinajstić information content (AvgIpc) is 2.96. The lowest BCUT2D eigenvalue weighted by Crippen LogP contribution is -3.15. The first-order chi connectivity index (χ1) is 10.5. The van der Waals surface area contributed by atoms with Crippen LogP contribution in [-0.2, 0) is 4.74 Å². The van der Waals surface area contributed by atoms with E-state index in [1.807, 2.05) is 12.1 Å². The molecule has 2 aromatic rings. The SMILES string of the molecule is Cc1ccc(-c2nnc([C@@H](C)[NH+]3C[C@@H](C)O[C@H](C)C3)o2)cc1. The van der Waals surface area contributed by atoms with Crippen LogP contribution in [0.15, 0.2) is 28.7 Å². The number of quaternary nitrogens is 1. The molecular formula is C17H24N3O2+. The number of morpholine rings is 1. The van der Waals surface area contributed by atoms with Gasteiger partial charge in [0, 0.05) is 5.56 Å². The molecule has 118 valence electrons. The van der Waals surface area contributed by atoms with Crippen LogP contribution in [-0.4, -0.2) is 35.5 Å². The van der Waals surface area contributed by atoms with Gasteiger partial charge in [0.15, 0.2) is 6.04 Å². The Kier molecular flexibility index (Phi) is 4.27. The summed E-state index contributed by atoms with van der Waals surface area (Å²) in [6, 6.07) is 8.32. The zero-order chi connectivity index (χ0) is 15.7. The van der Waals surface area contributed by atoms with Gasteiger partial charge >= 0.3 is 0 Å². The minimum Gasteiger partial charge on any atom is -0.415 e. The lowest BCUT2D eigenvalue weighted by Gasteiger charge is -2.34. The second-order valence-electron chi connectivity index (χ2n) is 6.36. The molecule has 0 spiro atoms. The Balaban J connectivity index is 1.76. The van der Waals surface area contributed by atoms with Gasteiger partial charge in [0.2, 0.25) is 5.89 Å². The minimum absolute atomic E-state index is 0.181. The van der Waals surface area contributed by atoms with E-state index >= 15 is 0 Å². The highest BCUT2D eigenvalue weighted by Gasteiger charge is 2.32. The number of aryl methyl sites for hydroxylation is 1. The van der Waals surface area contributed by atoms with Gasteiger partial charge in [-0.3, -0.25) is 0 Å². The molecule has 0 bridgehead atoms. The van der Waals surface area contributed by atoms with Gasteiger partial charge in [0.25, 0.3) is 5.89 Å². The van der Waals surface area contributed by atoms with Crippen LogP contribution in [0.5, 0.6) is 0 Å². The van der Waals surface area contributed by atoms with Gasteiger partial charge in [-0.15, -0.1) is 10.2 Å². The molecule has 1 fully saturated rings. The van der Waals surface area contributed by atoms with Crippen molar-refractivity contribution >= 4 is 0 Å². The van der Waals surface area contributed by atoms with Crippen LogP contribution in [0.25, 0.3) is 11.5 Å². The second kappa shape index (κ2) is 6.18. The standard InChI is InChI=1S/C17H23N3O2/c1-11-5-7-15(8-6-11)17-19-18-16(22-17)14(4)20-9-12(2)21-13(3)10-20/h5-8,12-14H,9-10H2,1-4H3/p+1/t12-,13-,14-/m1/s1. The van der Waals surface area contributed by atoms with Crippen molar-refractivity contribution in [3.63, 3.8) is 0 Å². The lowest BCUT2D eigenvalue weighted by atomic mass is 10.1. The zero-order valence-electron chi connectivity index (χ0n) is 13.7. The number of aromatic nitrogens is 2. The monoisotopic (exact) mass is 302 g/mol. The van der Waals surface area contributed by atoms with Gasteiger partial charge in [-0.2, -0.15) is 0 Å². The minimum atomic E-state index is 0.181. The quantitative estimate of drug-likeness (QED) is 0.939. The van der Waals surface area contributed by atoms with Crippen molar-refractivity contribution in [2.24, 2.45) is 0 Å². The lowest BCUT2D eigenvalue weighted by molar-refractivity contribution is -0.944. The fourth-order valence-corrected chi connectivity index (χ4v) is 3.07. The maximum absolute atomic E-state index is 5.91. The molecule has 1 aliphatic heterocycles. The average molecular weight is 302 g/mol. The van der Waals surface area contributed by atoms with Crippen molar-refractivity contribution in [3.8, 4) is 11.5 Å². The van der Waals surface area contributed by atoms with Crippen LogP contribution < -0.4 is 4.90 Å². The van der Waals surface area contributed by atoms with Crippen LogP contribution in [0.4, 0.5) is 0 Å². The van der Waals surface area contributed by atoms with Gasteiger partial charge in [0.05, 0.1) is 0 Å². The van der Waals surface area contributed by atoms with Gasteiger partial charge in [0.1, 0.15) is 25.3 Å². The highest BCUT2D eigenvalue weighted by Crippen LogP contribution is 2.20. The molecule has 22 heavy (non-hydrogen) atoms. The Morgan fingerprint density at radius 2 is 1.73 bits per heavy atom. The summed E-state index contributed by atoms with van der Waals surface area (Å²) < 4.78 is 11.7. The third kappa shape index (κ3) is 3.20. The van der Waals surface area contributed by atoms with Gasteiger partial charge < -0.3 is 14.1 Å². The summed E-state index contributed by atoms with van der Waals surface area (Å²) >= 11 is 0. The van der Waals surface area contributed by atoms with Crippen LogP contribution in [0, 0.1) is 6.92 Å². The summed E-state index contributed by atoms with van der Waals surface area (Å²) in [5.74, 6) is 1.29. The first kappa shape index (κ1) is 15.2. The molecular weight excluding hydrogens is 278 g/mol. The van der Waals surface area contributed by atoms with Crippen molar-refractivity contribution in [2.75, 3.05) is 13.1 Å². The van der Waals surface area contributed by atoms with Crippen LogP contribution in [0.3, 0.4) is 0 Å². The molecule has 1 N–H and O–H groups in total. The molecule has 2 heterocycles. The molecule has 0 aliphatic carbocycles. The molecule has 1 aromatic heterocycles. The summed E-state index contributed by atoms with van der Waals surface area (Å²) in [5, 5.41) is 8.47. The zero-order valence-corrected chi connectivity index (χ0v) is 13.7. The molecule has 3 atom stereocenters. The van der Waals surface area contributed by atoms with Crippen molar-refractivity contribution in [3.05, 3.63) is 35.7 Å². The van der Waals surface area contributed by atoms with Gasteiger partial charge in [-0.1, -0.05) is 17.7 Å². The number of hydrogen-bond donors (Lipinski definition) is 1. The molecule has 1 saturated heterocycles. The molecule has 0 amide bonds. The number of nitrogens with one attached hydrogen (secondary N) is 1. The van der Waals surface area contributed by atoms with E-state index < -0.39 is 0 Å². The molecule has 1 aromatic carbocycles. The predicted octanol–water partition coefficient (Wildman–Crippen LogP) is 1.80. The van der Waals surface area contributed by atoms with E-state index in [2.05, 4.69) is 50.0 Å². The van der Waals surface area contributed by atoms with E-state index in [-0.39, 0.29) is 18.2 Å². The first-order valence-corrected chi connectivity index (χ1v) is 7.93. The molecule has 0 radical (unpaired) electrons. The predicted molar refractivity (Wildman–Crippen MR) is 83.6 cm³/mol. The summed E-state index contributed by atoms with van der Waals surface area (Å²) in [5.41, 5.74) is 2.19. The van der Waals surface area contributed by atoms with Crippen LogP contribution in [0.1, 0.15) is 38.3 Å². The molecule has 5 heteroatoms. The highest BCUT2D eigenvalue weighted by atomic mass is 16.5. The third-order valence-electron chi connectivity index (χ3n) is 4.29. The van der Waals surface area contributed by atoms with Crippen molar-refractivity contribution in [1.82, 2.24) is 10.2 Å². The summed E-state index contributed by atoms with van der Waals surface area (Å²) in [7, 11) is 0. The maximum atomic E-state index is 5.91. The maximum Gasteiger partial charge on any atom is 0.274 e. The summed E-state index contributed by atoms with van der Waals surface area (Å²) in [6.07, 6.45) is 0.529. The van der Waals surface area contributed by atoms with Crippen molar-refractivity contribution < 1.29 is 14.1 Å². The Hall–Kier alpha value is -1.72. The number of benzene rings is 1. The van der Waals surface area contributed by atoms with Crippen LogP contribution in [0.2, 0.25) is 0 Å². The number of hydrogen-bond acceptors (Lipinski definition) is 4. The number of nitrogens with zero attached hydrogens (tertiary/aromatic N) is 2. The number of rotatable bonds is 3. The molecule has 0 saturated carbocycles. The van der Waals surface area contributed by atoms with E-state index in [1.54, 1.807) is 0 Å². The topological polar surface area (TPSA) is 52.6 Å². The fourth-order valence-electron chi connectivity index (χ4n) is 3.07. The Morgan fingerprint density at radius 1 is 1.09 bits per heavy atom. The fraction of sp³-hybridized carbons (Fsp3) is 0.529. The normalized spacial score (nSPS) is 26.8. The Bertz CT molecular complexity index is 613.